The van der Waals surface area contributed by atoms with Gasteiger partial charge in [-0.3, -0.25) is 9.59 Å². The first kappa shape index (κ1) is 18.3. The Morgan fingerprint density at radius 2 is 2.10 bits per heavy atom. The van der Waals surface area contributed by atoms with Crippen LogP contribution in [0, 0.1) is 5.92 Å². The van der Waals surface area contributed by atoms with Crippen LogP contribution in [0.3, 0.4) is 0 Å². The molecule has 1 amide bonds. The smallest absolute Gasteiger partial charge is 0.305 e. The fourth-order valence-corrected chi connectivity index (χ4v) is 3.64. The molecule has 0 aromatic heterocycles. The van der Waals surface area contributed by atoms with Gasteiger partial charge in [0.1, 0.15) is 0 Å². The Morgan fingerprint density at radius 3 is 2.71 bits per heavy atom. The number of rotatable bonds is 8. The molecule has 122 valence electrons. The molecule has 21 heavy (non-hydrogen) atoms. The maximum Gasteiger partial charge on any atom is 0.305 e. The number of carboxylic acids is 1. The monoisotopic (exact) mass is 317 g/mol. The van der Waals surface area contributed by atoms with Gasteiger partial charge in [0, 0.05) is 18.1 Å². The molecule has 0 aromatic rings. The Morgan fingerprint density at radius 1 is 1.38 bits per heavy atom. The number of amides is 1. The molecule has 2 unspecified atom stereocenters. The van der Waals surface area contributed by atoms with Gasteiger partial charge >= 0.3 is 5.97 Å². The summed E-state index contributed by atoms with van der Waals surface area (Å²) < 4.78 is 5.66. The van der Waals surface area contributed by atoms with Gasteiger partial charge in [-0.05, 0) is 19.3 Å². The van der Waals surface area contributed by atoms with Gasteiger partial charge in [0.15, 0.2) is 0 Å². The molecular formula is C15H27NO4S. The van der Waals surface area contributed by atoms with Gasteiger partial charge in [-0.2, -0.15) is 11.8 Å². The minimum Gasteiger partial charge on any atom is -0.481 e. The topological polar surface area (TPSA) is 66.8 Å². The van der Waals surface area contributed by atoms with Crippen LogP contribution in [0.4, 0.5) is 0 Å². The molecule has 0 bridgehead atoms. The molecule has 2 atom stereocenters. The first-order valence-corrected chi connectivity index (χ1v) is 8.76. The molecule has 1 rings (SSSR count). The lowest BCUT2D eigenvalue weighted by Gasteiger charge is -2.34. The van der Waals surface area contributed by atoms with Crippen molar-refractivity contribution in [2.75, 3.05) is 24.7 Å². The molecule has 0 saturated carbocycles. The molecule has 0 aromatic carbocycles. The average molecular weight is 317 g/mol. The molecule has 1 aliphatic heterocycles. The summed E-state index contributed by atoms with van der Waals surface area (Å²) in [6, 6.07) is -0.179. The minimum absolute atomic E-state index is 0.0123. The van der Waals surface area contributed by atoms with Crippen molar-refractivity contribution < 1.29 is 19.4 Å². The standard InChI is InChI=1S/C15H27NO4S/c1-11(2)8-12(3)20-6-4-14(17)16-5-7-21-10-13(16)9-15(18)19/h11-13H,4-10H2,1-3H3,(H,18,19). The highest BCUT2D eigenvalue weighted by Gasteiger charge is 2.28. The molecule has 1 aliphatic rings. The molecule has 6 heteroatoms. The van der Waals surface area contributed by atoms with E-state index in [0.29, 0.717) is 31.2 Å². The van der Waals surface area contributed by atoms with Gasteiger partial charge in [-0.1, -0.05) is 13.8 Å². The van der Waals surface area contributed by atoms with Crippen molar-refractivity contribution in [1.82, 2.24) is 4.90 Å². The number of ether oxygens (including phenoxy) is 1. The van der Waals surface area contributed by atoms with Crippen LogP contribution in [0.2, 0.25) is 0 Å². The second kappa shape index (κ2) is 9.30. The number of carboxylic acid groups (broad SMARTS) is 1. The fraction of sp³-hybridized carbons (Fsp3) is 0.867. The third-order valence-electron chi connectivity index (χ3n) is 3.48. The maximum absolute atomic E-state index is 12.2. The number of aliphatic carboxylic acids is 1. The molecule has 1 saturated heterocycles. The second-order valence-corrected chi connectivity index (χ2v) is 7.12. The third-order valence-corrected chi connectivity index (χ3v) is 4.57. The zero-order chi connectivity index (χ0) is 15.8. The van der Waals surface area contributed by atoms with E-state index in [4.69, 9.17) is 9.84 Å². The molecular weight excluding hydrogens is 290 g/mol. The molecule has 0 spiro atoms. The predicted molar refractivity (Wildman–Crippen MR) is 84.6 cm³/mol. The number of carbonyl (C=O) groups excluding carboxylic acids is 1. The van der Waals surface area contributed by atoms with Crippen LogP contribution in [0.25, 0.3) is 0 Å². The molecule has 5 nitrogen and oxygen atoms in total. The van der Waals surface area contributed by atoms with Gasteiger partial charge in [0.05, 0.1) is 31.6 Å². The lowest BCUT2D eigenvalue weighted by atomic mass is 10.1. The van der Waals surface area contributed by atoms with E-state index in [1.54, 1.807) is 16.7 Å². The third kappa shape index (κ3) is 7.18. The zero-order valence-electron chi connectivity index (χ0n) is 13.2. The molecule has 0 radical (unpaired) electrons. The summed E-state index contributed by atoms with van der Waals surface area (Å²) in [7, 11) is 0. The van der Waals surface area contributed by atoms with Crippen molar-refractivity contribution in [2.24, 2.45) is 5.92 Å². The van der Waals surface area contributed by atoms with Crippen molar-refractivity contribution in [1.29, 1.82) is 0 Å². The SMILES string of the molecule is CC(C)CC(C)OCCC(=O)N1CCSCC1CC(=O)O. The summed E-state index contributed by atoms with van der Waals surface area (Å²) in [5.74, 6) is 1.34. The van der Waals surface area contributed by atoms with E-state index in [0.717, 1.165) is 12.2 Å². The van der Waals surface area contributed by atoms with Crippen molar-refractivity contribution in [2.45, 2.75) is 52.2 Å². The van der Waals surface area contributed by atoms with E-state index in [1.165, 1.54) is 0 Å². The van der Waals surface area contributed by atoms with E-state index in [-0.39, 0.29) is 24.5 Å². The summed E-state index contributed by atoms with van der Waals surface area (Å²) in [6.45, 7) is 7.37. The number of nitrogens with zero attached hydrogens (tertiary/aromatic N) is 1. The Hall–Kier alpha value is -0.750. The number of hydrogen-bond acceptors (Lipinski definition) is 4. The van der Waals surface area contributed by atoms with Crippen LogP contribution in [0.15, 0.2) is 0 Å². The van der Waals surface area contributed by atoms with Crippen LogP contribution < -0.4 is 0 Å². The average Bonchev–Trinajstić information content (AvgIpc) is 2.37. The van der Waals surface area contributed by atoms with E-state index < -0.39 is 5.97 Å². The lowest BCUT2D eigenvalue weighted by Crippen LogP contribution is -2.47. The van der Waals surface area contributed by atoms with Crippen LogP contribution in [0.5, 0.6) is 0 Å². The van der Waals surface area contributed by atoms with Crippen LogP contribution in [-0.2, 0) is 14.3 Å². The quantitative estimate of drug-likeness (QED) is 0.744. The zero-order valence-corrected chi connectivity index (χ0v) is 14.0. The number of thioether (sulfide) groups is 1. The predicted octanol–water partition coefficient (Wildman–Crippen LogP) is 2.25. The normalized spacial score (nSPS) is 20.6. The molecule has 1 heterocycles. The van der Waals surface area contributed by atoms with Gasteiger partial charge in [0.25, 0.3) is 0 Å². The van der Waals surface area contributed by atoms with E-state index >= 15 is 0 Å². The van der Waals surface area contributed by atoms with Crippen molar-refractivity contribution >= 4 is 23.6 Å². The largest absolute Gasteiger partial charge is 0.481 e. The van der Waals surface area contributed by atoms with Crippen molar-refractivity contribution in [3.8, 4) is 0 Å². The first-order chi connectivity index (χ1) is 9.90. The molecule has 1 N–H and O–H groups in total. The highest BCUT2D eigenvalue weighted by molar-refractivity contribution is 7.99. The summed E-state index contributed by atoms with van der Waals surface area (Å²) in [5.41, 5.74) is 0. The van der Waals surface area contributed by atoms with Gasteiger partial charge < -0.3 is 14.7 Å². The Balaban J connectivity index is 2.36. The molecule has 0 aliphatic carbocycles. The summed E-state index contributed by atoms with van der Waals surface area (Å²) >= 11 is 1.71. The van der Waals surface area contributed by atoms with E-state index in [2.05, 4.69) is 13.8 Å². The lowest BCUT2D eigenvalue weighted by molar-refractivity contribution is -0.140. The summed E-state index contributed by atoms with van der Waals surface area (Å²) in [6.07, 6.45) is 1.51. The highest BCUT2D eigenvalue weighted by atomic mass is 32.2. The maximum atomic E-state index is 12.2. The number of hydrogen-bond donors (Lipinski definition) is 1. The minimum atomic E-state index is -0.845. The van der Waals surface area contributed by atoms with Crippen LogP contribution in [-0.4, -0.2) is 58.7 Å². The Bertz CT molecular complexity index is 349. The van der Waals surface area contributed by atoms with Gasteiger partial charge in [-0.25, -0.2) is 0 Å². The Labute approximate surface area is 131 Å². The van der Waals surface area contributed by atoms with Crippen molar-refractivity contribution in [3.63, 3.8) is 0 Å². The van der Waals surface area contributed by atoms with E-state index in [1.807, 2.05) is 6.92 Å². The van der Waals surface area contributed by atoms with Crippen LogP contribution in [0.1, 0.15) is 40.0 Å². The van der Waals surface area contributed by atoms with Gasteiger partial charge in [-0.15, -0.1) is 0 Å². The second-order valence-electron chi connectivity index (χ2n) is 5.97. The first-order valence-electron chi connectivity index (χ1n) is 7.60. The molecule has 1 fully saturated rings. The summed E-state index contributed by atoms with van der Waals surface area (Å²) in [5, 5.41) is 8.93. The van der Waals surface area contributed by atoms with Crippen LogP contribution >= 0.6 is 11.8 Å². The van der Waals surface area contributed by atoms with Gasteiger partial charge in [0.2, 0.25) is 5.91 Å². The highest BCUT2D eigenvalue weighted by Crippen LogP contribution is 2.20. The summed E-state index contributed by atoms with van der Waals surface area (Å²) in [4.78, 5) is 24.8. The fourth-order valence-electron chi connectivity index (χ4n) is 2.58. The van der Waals surface area contributed by atoms with Crippen molar-refractivity contribution in [3.05, 3.63) is 0 Å². The Kier molecular flexibility index (Phi) is 8.11. The van der Waals surface area contributed by atoms with E-state index in [9.17, 15) is 9.59 Å². The number of carbonyl (C=O) groups is 2.